The fourth-order valence-corrected chi connectivity index (χ4v) is 1.60. The van der Waals surface area contributed by atoms with Gasteiger partial charge in [-0.05, 0) is 37.1 Å². The number of Topliss-reactive ketones (excluding diaryl/α,β-unsaturated/α-hetero) is 1. The number of aromatic nitrogens is 2. The molecule has 1 aromatic heterocycles. The maximum atomic E-state index is 11.1. The summed E-state index contributed by atoms with van der Waals surface area (Å²) in [5.41, 5.74) is 7.77. The standard InChI is InChI=1S/C13H15N3O/c1-10(17)13(14)9-11-3-5-12(6-4-11)16-8-2-7-15-16/h2-8,13H,9,14H2,1H3/t13-/m0/s1. The van der Waals surface area contributed by atoms with E-state index in [1.165, 1.54) is 6.92 Å². The number of nitrogens with zero attached hydrogens (tertiary/aromatic N) is 2. The molecule has 2 aromatic rings. The number of benzene rings is 1. The van der Waals surface area contributed by atoms with Crippen molar-refractivity contribution in [2.45, 2.75) is 19.4 Å². The van der Waals surface area contributed by atoms with Crippen LogP contribution in [0.25, 0.3) is 5.69 Å². The van der Waals surface area contributed by atoms with E-state index >= 15 is 0 Å². The van der Waals surface area contributed by atoms with E-state index in [1.54, 1.807) is 10.9 Å². The summed E-state index contributed by atoms with van der Waals surface area (Å²) in [6.45, 7) is 1.52. The molecule has 0 radical (unpaired) electrons. The predicted octanol–water partition coefficient (Wildman–Crippen LogP) is 1.33. The normalized spacial score (nSPS) is 12.4. The largest absolute Gasteiger partial charge is 0.321 e. The molecule has 0 saturated heterocycles. The van der Waals surface area contributed by atoms with Crippen LogP contribution in [0.4, 0.5) is 0 Å². The molecular formula is C13H15N3O. The van der Waals surface area contributed by atoms with Crippen LogP contribution in [-0.2, 0) is 11.2 Å². The minimum Gasteiger partial charge on any atom is -0.321 e. The molecule has 0 aliphatic heterocycles. The molecule has 17 heavy (non-hydrogen) atoms. The molecule has 4 heteroatoms. The van der Waals surface area contributed by atoms with Crippen LogP contribution in [0, 0.1) is 0 Å². The van der Waals surface area contributed by atoms with Gasteiger partial charge in [-0.25, -0.2) is 4.68 Å². The van der Waals surface area contributed by atoms with E-state index in [9.17, 15) is 4.79 Å². The van der Waals surface area contributed by atoms with E-state index in [1.807, 2.05) is 36.5 Å². The van der Waals surface area contributed by atoms with Gasteiger partial charge in [0.2, 0.25) is 0 Å². The van der Waals surface area contributed by atoms with Gasteiger partial charge in [-0.3, -0.25) is 4.79 Å². The van der Waals surface area contributed by atoms with Gasteiger partial charge in [0.1, 0.15) is 5.78 Å². The Kier molecular flexibility index (Phi) is 3.35. The molecule has 1 atom stereocenters. The Morgan fingerprint density at radius 2 is 2.12 bits per heavy atom. The fourth-order valence-electron chi connectivity index (χ4n) is 1.60. The van der Waals surface area contributed by atoms with Gasteiger partial charge in [0.15, 0.2) is 0 Å². The number of rotatable bonds is 4. The maximum Gasteiger partial charge on any atom is 0.146 e. The third-order valence-electron chi connectivity index (χ3n) is 2.68. The summed E-state index contributed by atoms with van der Waals surface area (Å²) in [6.07, 6.45) is 4.20. The van der Waals surface area contributed by atoms with Gasteiger partial charge in [-0.1, -0.05) is 12.1 Å². The lowest BCUT2D eigenvalue weighted by Gasteiger charge is -2.08. The fraction of sp³-hybridized carbons (Fsp3) is 0.231. The number of nitrogens with two attached hydrogens (primary N) is 1. The Morgan fingerprint density at radius 3 is 2.65 bits per heavy atom. The molecule has 0 fully saturated rings. The van der Waals surface area contributed by atoms with Crippen LogP contribution in [0.2, 0.25) is 0 Å². The molecule has 2 N–H and O–H groups in total. The second-order valence-electron chi connectivity index (χ2n) is 4.04. The molecular weight excluding hydrogens is 214 g/mol. The van der Waals surface area contributed by atoms with Crippen molar-refractivity contribution in [2.24, 2.45) is 5.73 Å². The monoisotopic (exact) mass is 229 g/mol. The summed E-state index contributed by atoms with van der Waals surface area (Å²) >= 11 is 0. The van der Waals surface area contributed by atoms with Crippen molar-refractivity contribution in [1.82, 2.24) is 9.78 Å². The first-order valence-corrected chi connectivity index (χ1v) is 5.52. The van der Waals surface area contributed by atoms with Crippen molar-refractivity contribution in [1.29, 1.82) is 0 Å². The Labute approximate surface area is 100 Å². The molecule has 1 aromatic carbocycles. The van der Waals surface area contributed by atoms with Crippen molar-refractivity contribution >= 4 is 5.78 Å². The average Bonchev–Trinajstić information content (AvgIpc) is 2.83. The van der Waals surface area contributed by atoms with E-state index < -0.39 is 6.04 Å². The highest BCUT2D eigenvalue weighted by atomic mass is 16.1. The molecule has 0 aliphatic carbocycles. The number of hydrogen-bond donors (Lipinski definition) is 1. The number of hydrogen-bond acceptors (Lipinski definition) is 3. The summed E-state index contributed by atoms with van der Waals surface area (Å²) in [5, 5.41) is 4.14. The zero-order chi connectivity index (χ0) is 12.3. The van der Waals surface area contributed by atoms with Crippen molar-refractivity contribution in [3.05, 3.63) is 48.3 Å². The van der Waals surface area contributed by atoms with E-state index in [0.717, 1.165) is 11.3 Å². The van der Waals surface area contributed by atoms with Crippen molar-refractivity contribution in [3.8, 4) is 5.69 Å². The predicted molar refractivity (Wildman–Crippen MR) is 65.9 cm³/mol. The highest BCUT2D eigenvalue weighted by Crippen LogP contribution is 2.10. The number of ketones is 1. The first kappa shape index (κ1) is 11.5. The third-order valence-corrected chi connectivity index (χ3v) is 2.68. The molecule has 1 heterocycles. The quantitative estimate of drug-likeness (QED) is 0.860. The maximum absolute atomic E-state index is 11.1. The molecule has 0 bridgehead atoms. The van der Waals surface area contributed by atoms with Crippen LogP contribution < -0.4 is 5.73 Å². The molecule has 0 amide bonds. The Hall–Kier alpha value is -1.94. The van der Waals surface area contributed by atoms with E-state index in [-0.39, 0.29) is 5.78 Å². The third kappa shape index (κ3) is 2.79. The van der Waals surface area contributed by atoms with Crippen LogP contribution in [0.5, 0.6) is 0 Å². The van der Waals surface area contributed by atoms with Crippen molar-refractivity contribution in [2.75, 3.05) is 0 Å². The van der Waals surface area contributed by atoms with Gasteiger partial charge in [-0.2, -0.15) is 5.10 Å². The Bertz CT molecular complexity index is 488. The summed E-state index contributed by atoms with van der Waals surface area (Å²) < 4.78 is 1.79. The second-order valence-corrected chi connectivity index (χ2v) is 4.04. The molecule has 0 spiro atoms. The average molecular weight is 229 g/mol. The van der Waals surface area contributed by atoms with Crippen LogP contribution in [0.15, 0.2) is 42.7 Å². The minimum absolute atomic E-state index is 0.0150. The minimum atomic E-state index is -0.412. The van der Waals surface area contributed by atoms with Gasteiger partial charge in [0.25, 0.3) is 0 Å². The molecule has 4 nitrogen and oxygen atoms in total. The van der Waals surface area contributed by atoms with Crippen molar-refractivity contribution < 1.29 is 4.79 Å². The zero-order valence-corrected chi connectivity index (χ0v) is 9.71. The second kappa shape index (κ2) is 4.93. The summed E-state index contributed by atoms with van der Waals surface area (Å²) in [6, 6.07) is 9.34. The van der Waals surface area contributed by atoms with Gasteiger partial charge >= 0.3 is 0 Å². The molecule has 2 rings (SSSR count). The first-order chi connectivity index (χ1) is 8.16. The molecule has 0 aliphatic rings. The molecule has 0 unspecified atom stereocenters. The lowest BCUT2D eigenvalue weighted by molar-refractivity contribution is -0.118. The van der Waals surface area contributed by atoms with Crippen LogP contribution in [0.1, 0.15) is 12.5 Å². The number of carbonyl (C=O) groups is 1. The molecule has 88 valence electrons. The van der Waals surface area contributed by atoms with Gasteiger partial charge < -0.3 is 5.73 Å². The topological polar surface area (TPSA) is 60.9 Å². The summed E-state index contributed by atoms with van der Waals surface area (Å²) in [4.78, 5) is 11.1. The number of carbonyl (C=O) groups excluding carboxylic acids is 1. The highest BCUT2D eigenvalue weighted by molar-refractivity contribution is 5.81. The van der Waals surface area contributed by atoms with Crippen LogP contribution >= 0.6 is 0 Å². The lowest BCUT2D eigenvalue weighted by Crippen LogP contribution is -2.30. The smallest absolute Gasteiger partial charge is 0.146 e. The Balaban J connectivity index is 2.11. The van der Waals surface area contributed by atoms with Crippen LogP contribution in [-0.4, -0.2) is 21.6 Å². The van der Waals surface area contributed by atoms with Gasteiger partial charge in [0, 0.05) is 12.4 Å². The van der Waals surface area contributed by atoms with E-state index in [4.69, 9.17) is 5.73 Å². The molecule has 0 saturated carbocycles. The first-order valence-electron chi connectivity index (χ1n) is 5.52. The van der Waals surface area contributed by atoms with E-state index in [0.29, 0.717) is 6.42 Å². The summed E-state index contributed by atoms with van der Waals surface area (Å²) in [7, 11) is 0. The van der Waals surface area contributed by atoms with Gasteiger partial charge in [-0.15, -0.1) is 0 Å². The summed E-state index contributed by atoms with van der Waals surface area (Å²) in [5.74, 6) is 0.0150. The lowest BCUT2D eigenvalue weighted by atomic mass is 10.0. The highest BCUT2D eigenvalue weighted by Gasteiger charge is 2.08. The zero-order valence-electron chi connectivity index (χ0n) is 9.71. The Morgan fingerprint density at radius 1 is 1.41 bits per heavy atom. The van der Waals surface area contributed by atoms with Crippen LogP contribution in [0.3, 0.4) is 0 Å². The van der Waals surface area contributed by atoms with Crippen molar-refractivity contribution in [3.63, 3.8) is 0 Å². The van der Waals surface area contributed by atoms with Gasteiger partial charge in [0.05, 0.1) is 11.7 Å². The van der Waals surface area contributed by atoms with E-state index in [2.05, 4.69) is 5.10 Å². The SMILES string of the molecule is CC(=O)[C@@H](N)Cc1ccc(-n2cccn2)cc1.